The predicted octanol–water partition coefficient (Wildman–Crippen LogP) is 1.89. The number of ether oxygens (including phenoxy) is 3. The number of benzene rings is 1. The lowest BCUT2D eigenvalue weighted by Gasteiger charge is -2.15. The largest absolute Gasteiger partial charge is 0.465 e. The Morgan fingerprint density at radius 2 is 2.33 bits per heavy atom. The molecule has 2 rings (SSSR count). The van der Waals surface area contributed by atoms with Crippen molar-refractivity contribution in [1.82, 2.24) is 5.32 Å². The highest BCUT2D eigenvalue weighted by molar-refractivity contribution is 6.32. The van der Waals surface area contributed by atoms with Crippen molar-refractivity contribution in [2.75, 3.05) is 20.4 Å². The number of hydrogen-bond acceptors (Lipinski definition) is 5. The van der Waals surface area contributed by atoms with Gasteiger partial charge in [-0.15, -0.1) is 0 Å². The van der Waals surface area contributed by atoms with E-state index >= 15 is 0 Å². The summed E-state index contributed by atoms with van der Waals surface area (Å²) in [5.74, 6) is 0.705. The second-order valence-corrected chi connectivity index (χ2v) is 4.12. The molecule has 1 aliphatic heterocycles. The van der Waals surface area contributed by atoms with Crippen LogP contribution in [-0.2, 0) is 9.53 Å². The average molecular weight is 272 g/mol. The molecule has 1 heterocycles. The molecule has 98 valence electrons. The standard InChI is InChI=1S/C12H14ClNO4/c1-3-16-12(15)10(14-2)7-4-8(13)11-9(5-7)17-6-18-11/h4-5,10,14H,3,6H2,1-2H3. The van der Waals surface area contributed by atoms with Gasteiger partial charge in [-0.1, -0.05) is 11.6 Å². The van der Waals surface area contributed by atoms with Crippen LogP contribution in [0.5, 0.6) is 11.5 Å². The van der Waals surface area contributed by atoms with E-state index in [4.69, 9.17) is 25.8 Å². The van der Waals surface area contributed by atoms with E-state index in [1.165, 1.54) is 0 Å². The zero-order valence-electron chi connectivity index (χ0n) is 10.2. The first kappa shape index (κ1) is 13.0. The second kappa shape index (κ2) is 5.46. The molecule has 1 atom stereocenters. The summed E-state index contributed by atoms with van der Waals surface area (Å²) in [7, 11) is 1.68. The zero-order valence-corrected chi connectivity index (χ0v) is 10.9. The van der Waals surface area contributed by atoms with Gasteiger partial charge in [0.15, 0.2) is 11.5 Å². The summed E-state index contributed by atoms with van der Waals surface area (Å²) >= 11 is 6.07. The van der Waals surface area contributed by atoms with E-state index < -0.39 is 6.04 Å². The number of nitrogens with one attached hydrogen (secondary N) is 1. The molecule has 1 N–H and O–H groups in total. The fraction of sp³-hybridized carbons (Fsp3) is 0.417. The Kier molecular flexibility index (Phi) is 3.93. The maximum Gasteiger partial charge on any atom is 0.327 e. The van der Waals surface area contributed by atoms with Gasteiger partial charge >= 0.3 is 5.97 Å². The van der Waals surface area contributed by atoms with Crippen molar-refractivity contribution in [3.8, 4) is 11.5 Å². The summed E-state index contributed by atoms with van der Waals surface area (Å²) in [6.07, 6.45) is 0. The van der Waals surface area contributed by atoms with E-state index in [1.807, 2.05) is 0 Å². The molecule has 1 aromatic carbocycles. The van der Waals surface area contributed by atoms with Crippen LogP contribution in [0.25, 0.3) is 0 Å². The molecule has 0 aromatic heterocycles. The van der Waals surface area contributed by atoms with Gasteiger partial charge in [-0.2, -0.15) is 0 Å². The van der Waals surface area contributed by atoms with Gasteiger partial charge < -0.3 is 19.5 Å². The van der Waals surface area contributed by atoms with E-state index in [9.17, 15) is 4.79 Å². The maximum atomic E-state index is 11.8. The Balaban J connectivity index is 2.32. The summed E-state index contributed by atoms with van der Waals surface area (Å²) in [6, 6.07) is 2.83. The van der Waals surface area contributed by atoms with Crippen molar-refractivity contribution >= 4 is 17.6 Å². The van der Waals surface area contributed by atoms with E-state index in [0.717, 1.165) is 0 Å². The van der Waals surface area contributed by atoms with Crippen molar-refractivity contribution in [3.63, 3.8) is 0 Å². The normalized spacial score (nSPS) is 14.4. The molecule has 0 radical (unpaired) electrons. The SMILES string of the molecule is CCOC(=O)C(NC)c1cc(Cl)c2c(c1)OCO2. The van der Waals surface area contributed by atoms with E-state index in [-0.39, 0.29) is 12.8 Å². The Morgan fingerprint density at radius 3 is 3.00 bits per heavy atom. The summed E-state index contributed by atoms with van der Waals surface area (Å²) < 4.78 is 15.5. The van der Waals surface area contributed by atoms with Crippen LogP contribution < -0.4 is 14.8 Å². The lowest BCUT2D eigenvalue weighted by Crippen LogP contribution is -2.27. The van der Waals surface area contributed by atoms with Gasteiger partial charge in [0.2, 0.25) is 6.79 Å². The van der Waals surface area contributed by atoms with Crippen molar-refractivity contribution in [2.24, 2.45) is 0 Å². The minimum absolute atomic E-state index is 0.141. The number of halogens is 1. The van der Waals surface area contributed by atoms with Crippen molar-refractivity contribution in [1.29, 1.82) is 0 Å². The van der Waals surface area contributed by atoms with Crippen molar-refractivity contribution in [3.05, 3.63) is 22.7 Å². The Labute approximate surface area is 110 Å². The third kappa shape index (κ3) is 2.37. The first-order chi connectivity index (χ1) is 8.67. The van der Waals surface area contributed by atoms with Crippen LogP contribution in [-0.4, -0.2) is 26.4 Å². The van der Waals surface area contributed by atoms with Gasteiger partial charge in [-0.3, -0.25) is 0 Å². The lowest BCUT2D eigenvalue weighted by atomic mass is 10.1. The van der Waals surface area contributed by atoms with Crippen LogP contribution in [0.2, 0.25) is 5.02 Å². The molecule has 18 heavy (non-hydrogen) atoms. The molecule has 0 aliphatic carbocycles. The molecule has 0 fully saturated rings. The lowest BCUT2D eigenvalue weighted by molar-refractivity contribution is -0.145. The molecular weight excluding hydrogens is 258 g/mol. The van der Waals surface area contributed by atoms with Gasteiger partial charge in [-0.05, 0) is 31.7 Å². The van der Waals surface area contributed by atoms with E-state index in [0.29, 0.717) is 28.7 Å². The first-order valence-electron chi connectivity index (χ1n) is 5.60. The first-order valence-corrected chi connectivity index (χ1v) is 5.98. The second-order valence-electron chi connectivity index (χ2n) is 3.71. The summed E-state index contributed by atoms with van der Waals surface area (Å²) in [4.78, 5) is 11.8. The van der Waals surface area contributed by atoms with Gasteiger partial charge in [0.1, 0.15) is 6.04 Å². The smallest absolute Gasteiger partial charge is 0.327 e. The van der Waals surface area contributed by atoms with Gasteiger partial charge in [0, 0.05) is 0 Å². The third-order valence-electron chi connectivity index (χ3n) is 2.59. The van der Waals surface area contributed by atoms with Crippen LogP contribution in [0.15, 0.2) is 12.1 Å². The van der Waals surface area contributed by atoms with Gasteiger partial charge in [0.25, 0.3) is 0 Å². The van der Waals surface area contributed by atoms with Crippen molar-refractivity contribution < 1.29 is 19.0 Å². The Bertz CT molecular complexity index is 464. The van der Waals surface area contributed by atoms with E-state index in [2.05, 4.69) is 5.32 Å². The quantitative estimate of drug-likeness (QED) is 0.848. The molecule has 1 unspecified atom stereocenters. The number of carbonyl (C=O) groups is 1. The molecule has 0 saturated heterocycles. The summed E-state index contributed by atoms with van der Waals surface area (Å²) in [6.45, 7) is 2.23. The van der Waals surface area contributed by atoms with Crippen LogP contribution >= 0.6 is 11.6 Å². The van der Waals surface area contributed by atoms with Gasteiger partial charge in [-0.25, -0.2) is 4.79 Å². The number of carbonyl (C=O) groups excluding carboxylic acids is 1. The minimum atomic E-state index is -0.572. The summed E-state index contributed by atoms with van der Waals surface area (Å²) in [5.41, 5.74) is 0.685. The predicted molar refractivity (Wildman–Crippen MR) is 66.0 cm³/mol. The highest BCUT2D eigenvalue weighted by Crippen LogP contribution is 2.41. The highest BCUT2D eigenvalue weighted by Gasteiger charge is 2.25. The molecule has 0 bridgehead atoms. The Morgan fingerprint density at radius 1 is 1.56 bits per heavy atom. The fourth-order valence-electron chi connectivity index (χ4n) is 1.80. The topological polar surface area (TPSA) is 56.8 Å². The van der Waals surface area contributed by atoms with Crippen LogP contribution in [0.1, 0.15) is 18.5 Å². The molecule has 5 nitrogen and oxygen atoms in total. The highest BCUT2D eigenvalue weighted by atomic mass is 35.5. The monoisotopic (exact) mass is 271 g/mol. The molecule has 0 amide bonds. The molecular formula is C12H14ClNO4. The Hall–Kier alpha value is -1.46. The molecule has 0 spiro atoms. The molecule has 1 aliphatic rings. The number of esters is 1. The average Bonchev–Trinajstić information content (AvgIpc) is 2.79. The zero-order chi connectivity index (χ0) is 13.1. The van der Waals surface area contributed by atoms with E-state index in [1.54, 1.807) is 26.1 Å². The van der Waals surface area contributed by atoms with Crippen molar-refractivity contribution in [2.45, 2.75) is 13.0 Å². The third-order valence-corrected chi connectivity index (χ3v) is 2.87. The maximum absolute atomic E-state index is 11.8. The number of likely N-dealkylation sites (N-methyl/N-ethyl adjacent to an activating group) is 1. The van der Waals surface area contributed by atoms with Gasteiger partial charge in [0.05, 0.1) is 11.6 Å². The molecule has 6 heteroatoms. The molecule has 0 saturated carbocycles. The minimum Gasteiger partial charge on any atom is -0.465 e. The number of rotatable bonds is 4. The molecule has 1 aromatic rings. The van der Waals surface area contributed by atoms with Crippen LogP contribution in [0, 0.1) is 0 Å². The van der Waals surface area contributed by atoms with Crippen LogP contribution in [0.3, 0.4) is 0 Å². The number of fused-ring (bicyclic) bond motifs is 1. The summed E-state index contributed by atoms with van der Waals surface area (Å²) in [5, 5.41) is 3.31. The fourth-order valence-corrected chi connectivity index (χ4v) is 2.07. The number of hydrogen-bond donors (Lipinski definition) is 1. The van der Waals surface area contributed by atoms with Crippen LogP contribution in [0.4, 0.5) is 0 Å².